The number of halogens is 2. The molecular formula is C11H16F2N2. The van der Waals surface area contributed by atoms with Crippen LogP contribution in [0.2, 0.25) is 0 Å². The summed E-state index contributed by atoms with van der Waals surface area (Å²) in [7, 11) is 0. The van der Waals surface area contributed by atoms with Crippen molar-refractivity contribution in [3.63, 3.8) is 0 Å². The van der Waals surface area contributed by atoms with Gasteiger partial charge in [0.15, 0.2) is 0 Å². The summed E-state index contributed by atoms with van der Waals surface area (Å²) >= 11 is 0. The van der Waals surface area contributed by atoms with Gasteiger partial charge in [-0.1, -0.05) is 6.58 Å². The highest BCUT2D eigenvalue weighted by molar-refractivity contribution is 5.55. The van der Waals surface area contributed by atoms with Gasteiger partial charge in [0, 0.05) is 19.2 Å². The van der Waals surface area contributed by atoms with E-state index < -0.39 is 5.92 Å². The Morgan fingerprint density at radius 3 is 2.33 bits per heavy atom. The van der Waals surface area contributed by atoms with Crippen molar-refractivity contribution in [2.75, 3.05) is 0 Å². The summed E-state index contributed by atoms with van der Waals surface area (Å²) in [6, 6.07) is 0.0975. The molecule has 0 aliphatic heterocycles. The zero-order valence-corrected chi connectivity index (χ0v) is 9.51. The lowest BCUT2D eigenvalue weighted by molar-refractivity contribution is 0.0130. The van der Waals surface area contributed by atoms with E-state index in [2.05, 4.69) is 11.6 Å². The molecule has 0 saturated carbocycles. The van der Waals surface area contributed by atoms with Gasteiger partial charge in [-0.3, -0.25) is 0 Å². The van der Waals surface area contributed by atoms with Crippen LogP contribution >= 0.6 is 0 Å². The normalized spacial score (nSPS) is 12.2. The lowest BCUT2D eigenvalue weighted by Gasteiger charge is -2.10. The first kappa shape index (κ1) is 11.9. The Bertz CT molecular complexity index is 372. The van der Waals surface area contributed by atoms with Gasteiger partial charge in [0.1, 0.15) is 11.5 Å². The number of aromatic nitrogens is 2. The largest absolute Gasteiger partial charge is 0.328 e. The molecule has 2 nitrogen and oxygen atoms in total. The Hall–Kier alpha value is -1.19. The molecule has 15 heavy (non-hydrogen) atoms. The second-order valence-electron chi connectivity index (χ2n) is 4.12. The molecule has 0 bridgehead atoms. The molecular weight excluding hydrogens is 198 g/mol. The number of imidazole rings is 1. The van der Waals surface area contributed by atoms with Crippen LogP contribution in [0, 0.1) is 0 Å². The van der Waals surface area contributed by atoms with Gasteiger partial charge in [0.2, 0.25) is 0 Å². The van der Waals surface area contributed by atoms with Crippen molar-refractivity contribution >= 4 is 5.57 Å². The van der Waals surface area contributed by atoms with Gasteiger partial charge in [-0.2, -0.15) is 8.78 Å². The Morgan fingerprint density at radius 2 is 2.07 bits per heavy atom. The molecule has 0 amide bonds. The molecule has 0 aromatic carbocycles. The van der Waals surface area contributed by atoms with Crippen molar-refractivity contribution in [3.8, 4) is 0 Å². The Balaban J connectivity index is 3.28. The summed E-state index contributed by atoms with van der Waals surface area (Å²) in [6.45, 7) is 10.2. The molecule has 0 aliphatic rings. The van der Waals surface area contributed by atoms with Crippen LogP contribution in [0.25, 0.3) is 5.57 Å². The molecule has 1 aromatic heterocycles. The highest BCUT2D eigenvalue weighted by Crippen LogP contribution is 2.28. The standard InChI is InChI=1S/C11H16F2N2/c1-7(2)10-14-9(11(5,12)13)6-15(10)8(3)4/h6,8H,1H2,2-5H3. The first-order chi connectivity index (χ1) is 6.73. The minimum atomic E-state index is -2.90. The number of rotatable bonds is 3. The molecule has 4 heteroatoms. The Kier molecular flexibility index (Phi) is 2.98. The zero-order valence-electron chi connectivity index (χ0n) is 9.51. The van der Waals surface area contributed by atoms with Crippen molar-refractivity contribution < 1.29 is 8.78 Å². The van der Waals surface area contributed by atoms with Crippen LogP contribution in [0.5, 0.6) is 0 Å². The monoisotopic (exact) mass is 214 g/mol. The van der Waals surface area contributed by atoms with E-state index in [-0.39, 0.29) is 11.7 Å². The third kappa shape index (κ3) is 2.43. The highest BCUT2D eigenvalue weighted by Gasteiger charge is 2.29. The van der Waals surface area contributed by atoms with Crippen molar-refractivity contribution in [3.05, 3.63) is 24.3 Å². The van der Waals surface area contributed by atoms with Gasteiger partial charge in [-0.05, 0) is 26.3 Å². The smallest absolute Gasteiger partial charge is 0.288 e. The van der Waals surface area contributed by atoms with Crippen LogP contribution in [0.4, 0.5) is 8.78 Å². The molecule has 0 saturated heterocycles. The number of hydrogen-bond acceptors (Lipinski definition) is 1. The van der Waals surface area contributed by atoms with Gasteiger partial charge >= 0.3 is 0 Å². The molecule has 0 aliphatic carbocycles. The minimum absolute atomic E-state index is 0.0975. The predicted molar refractivity (Wildman–Crippen MR) is 56.9 cm³/mol. The van der Waals surface area contributed by atoms with Gasteiger partial charge < -0.3 is 4.57 Å². The van der Waals surface area contributed by atoms with Gasteiger partial charge in [0.25, 0.3) is 5.92 Å². The van der Waals surface area contributed by atoms with Crippen molar-refractivity contribution in [2.24, 2.45) is 0 Å². The Morgan fingerprint density at radius 1 is 1.53 bits per heavy atom. The summed E-state index contributed by atoms with van der Waals surface area (Å²) in [6.07, 6.45) is 1.40. The van der Waals surface area contributed by atoms with Crippen LogP contribution in [0.1, 0.15) is 45.3 Å². The summed E-state index contributed by atoms with van der Waals surface area (Å²) in [4.78, 5) is 3.92. The first-order valence-electron chi connectivity index (χ1n) is 4.86. The highest BCUT2D eigenvalue weighted by atomic mass is 19.3. The van der Waals surface area contributed by atoms with E-state index in [1.807, 2.05) is 13.8 Å². The van der Waals surface area contributed by atoms with Gasteiger partial charge in [-0.15, -0.1) is 0 Å². The van der Waals surface area contributed by atoms with Crippen LogP contribution in [-0.2, 0) is 5.92 Å². The molecule has 0 atom stereocenters. The quantitative estimate of drug-likeness (QED) is 0.751. The van der Waals surface area contributed by atoms with E-state index in [4.69, 9.17) is 0 Å². The molecule has 1 rings (SSSR count). The summed E-state index contributed by atoms with van der Waals surface area (Å²) in [5, 5.41) is 0. The molecule has 1 aromatic rings. The van der Waals surface area contributed by atoms with Crippen molar-refractivity contribution in [2.45, 2.75) is 39.7 Å². The number of allylic oxidation sites excluding steroid dienone is 1. The fraction of sp³-hybridized carbons (Fsp3) is 0.545. The maximum Gasteiger partial charge on any atom is 0.288 e. The lowest BCUT2D eigenvalue weighted by Crippen LogP contribution is -2.07. The van der Waals surface area contributed by atoms with Gasteiger partial charge in [-0.25, -0.2) is 4.98 Å². The fourth-order valence-corrected chi connectivity index (χ4v) is 1.31. The fourth-order valence-electron chi connectivity index (χ4n) is 1.31. The van der Waals surface area contributed by atoms with E-state index in [1.165, 1.54) is 6.20 Å². The van der Waals surface area contributed by atoms with E-state index in [1.54, 1.807) is 11.5 Å². The van der Waals surface area contributed by atoms with Crippen LogP contribution < -0.4 is 0 Å². The molecule has 0 spiro atoms. The van der Waals surface area contributed by atoms with E-state index >= 15 is 0 Å². The lowest BCUT2D eigenvalue weighted by atomic mass is 10.3. The number of nitrogens with zero attached hydrogens (tertiary/aromatic N) is 2. The average Bonchev–Trinajstić information content (AvgIpc) is 2.45. The molecule has 0 N–H and O–H groups in total. The summed E-state index contributed by atoms with van der Waals surface area (Å²) < 4.78 is 27.9. The summed E-state index contributed by atoms with van der Waals surface area (Å²) in [5.41, 5.74) is 0.494. The first-order valence-corrected chi connectivity index (χ1v) is 4.86. The number of hydrogen-bond donors (Lipinski definition) is 0. The van der Waals surface area contributed by atoms with Gasteiger partial charge in [0.05, 0.1) is 0 Å². The van der Waals surface area contributed by atoms with Crippen molar-refractivity contribution in [1.29, 1.82) is 0 Å². The zero-order chi connectivity index (χ0) is 11.8. The number of alkyl halides is 2. The van der Waals surface area contributed by atoms with E-state index in [9.17, 15) is 8.78 Å². The van der Waals surface area contributed by atoms with Crippen LogP contribution in [0.3, 0.4) is 0 Å². The second-order valence-corrected chi connectivity index (χ2v) is 4.12. The summed E-state index contributed by atoms with van der Waals surface area (Å²) in [5.74, 6) is -2.37. The van der Waals surface area contributed by atoms with Crippen LogP contribution in [0.15, 0.2) is 12.8 Å². The molecule has 0 radical (unpaired) electrons. The Labute approximate surface area is 88.6 Å². The maximum atomic E-state index is 13.1. The maximum absolute atomic E-state index is 13.1. The topological polar surface area (TPSA) is 17.8 Å². The third-order valence-electron chi connectivity index (χ3n) is 2.12. The minimum Gasteiger partial charge on any atom is -0.328 e. The second kappa shape index (κ2) is 3.76. The molecule has 0 fully saturated rings. The van der Waals surface area contributed by atoms with Crippen molar-refractivity contribution in [1.82, 2.24) is 9.55 Å². The molecule has 84 valence electrons. The third-order valence-corrected chi connectivity index (χ3v) is 2.12. The SMILES string of the molecule is C=C(C)c1nc(C(C)(F)F)cn1C(C)C. The van der Waals surface area contributed by atoms with Crippen LogP contribution in [-0.4, -0.2) is 9.55 Å². The molecule has 0 unspecified atom stereocenters. The molecule has 1 heterocycles. The predicted octanol–water partition coefficient (Wildman–Crippen LogP) is 3.61. The average molecular weight is 214 g/mol. The van der Waals surface area contributed by atoms with E-state index in [0.29, 0.717) is 11.4 Å². The van der Waals surface area contributed by atoms with E-state index in [0.717, 1.165) is 6.92 Å².